The number of hydrogen-bond donors (Lipinski definition) is 1. The van der Waals surface area contributed by atoms with Crippen LogP contribution in [0, 0.1) is 0 Å². The first kappa shape index (κ1) is 14.6. The Morgan fingerprint density at radius 2 is 2.28 bits per heavy atom. The Bertz CT molecular complexity index is 420. The highest BCUT2D eigenvalue weighted by Gasteiger charge is 2.26. The number of alkyl halides is 3. The molecule has 0 atom stereocenters. The van der Waals surface area contributed by atoms with Gasteiger partial charge in [0.05, 0.1) is 13.3 Å². The number of aromatic nitrogens is 2. The number of imidazole rings is 1. The van der Waals surface area contributed by atoms with Crippen molar-refractivity contribution in [3.8, 4) is 6.01 Å². The van der Waals surface area contributed by atoms with Crippen molar-refractivity contribution in [2.24, 2.45) is 0 Å². The van der Waals surface area contributed by atoms with E-state index >= 15 is 0 Å². The average molecular weight is 286 g/mol. The molecular weight excluding hydrogens is 275 g/mol. The predicted molar refractivity (Wildman–Crippen MR) is 57.9 cm³/mol. The SMILES string of the molecule is COc1nc(Cl)cn1C(=O)NCCCC(F)(F)F. The van der Waals surface area contributed by atoms with E-state index in [4.69, 9.17) is 16.3 Å². The molecule has 0 unspecified atom stereocenters. The largest absolute Gasteiger partial charge is 0.468 e. The van der Waals surface area contributed by atoms with Gasteiger partial charge in [-0.05, 0) is 6.42 Å². The van der Waals surface area contributed by atoms with Crippen molar-refractivity contribution < 1.29 is 22.7 Å². The van der Waals surface area contributed by atoms with Crippen LogP contribution in [0.4, 0.5) is 18.0 Å². The van der Waals surface area contributed by atoms with Crippen LogP contribution in [-0.2, 0) is 0 Å². The van der Waals surface area contributed by atoms with Gasteiger partial charge in [-0.1, -0.05) is 11.6 Å². The van der Waals surface area contributed by atoms with E-state index in [-0.39, 0.29) is 24.1 Å². The zero-order valence-corrected chi connectivity index (χ0v) is 10.2. The molecule has 1 aromatic rings. The lowest BCUT2D eigenvalue weighted by Crippen LogP contribution is -2.29. The van der Waals surface area contributed by atoms with Crippen molar-refractivity contribution in [2.75, 3.05) is 13.7 Å². The van der Waals surface area contributed by atoms with Gasteiger partial charge >= 0.3 is 18.2 Å². The second kappa shape index (κ2) is 5.94. The van der Waals surface area contributed by atoms with Crippen LogP contribution in [0.1, 0.15) is 12.8 Å². The third-order valence-corrected chi connectivity index (χ3v) is 2.14. The van der Waals surface area contributed by atoms with Crippen LogP contribution in [0.15, 0.2) is 6.20 Å². The van der Waals surface area contributed by atoms with Crippen molar-refractivity contribution in [2.45, 2.75) is 19.0 Å². The fraction of sp³-hybridized carbons (Fsp3) is 0.556. The molecule has 0 bridgehead atoms. The molecule has 0 aliphatic carbocycles. The number of amides is 1. The van der Waals surface area contributed by atoms with Gasteiger partial charge in [0.15, 0.2) is 5.15 Å². The summed E-state index contributed by atoms with van der Waals surface area (Å²) >= 11 is 5.57. The zero-order chi connectivity index (χ0) is 13.8. The summed E-state index contributed by atoms with van der Waals surface area (Å²) < 4.78 is 41.3. The molecule has 0 spiro atoms. The summed E-state index contributed by atoms with van der Waals surface area (Å²) in [5.74, 6) is 0. The number of nitrogens with one attached hydrogen (secondary N) is 1. The minimum atomic E-state index is -4.22. The van der Waals surface area contributed by atoms with Crippen LogP contribution < -0.4 is 10.1 Å². The number of carbonyl (C=O) groups is 1. The zero-order valence-electron chi connectivity index (χ0n) is 9.42. The third-order valence-electron chi connectivity index (χ3n) is 1.96. The van der Waals surface area contributed by atoms with E-state index in [2.05, 4.69) is 10.3 Å². The molecule has 1 rings (SSSR count). The maximum atomic E-state index is 11.9. The molecular formula is C9H11ClF3N3O2. The van der Waals surface area contributed by atoms with E-state index in [1.165, 1.54) is 13.3 Å². The molecule has 0 aromatic carbocycles. The standard InChI is InChI=1S/C9H11ClF3N3O2/c1-18-8-15-6(10)5-16(8)7(17)14-4-2-3-9(11,12)13/h5H,2-4H2,1H3,(H,14,17). The highest BCUT2D eigenvalue weighted by Crippen LogP contribution is 2.20. The van der Waals surface area contributed by atoms with Gasteiger partial charge in [-0.15, -0.1) is 0 Å². The van der Waals surface area contributed by atoms with Crippen molar-refractivity contribution in [3.63, 3.8) is 0 Å². The first-order valence-electron chi connectivity index (χ1n) is 4.97. The van der Waals surface area contributed by atoms with Crippen LogP contribution in [0.2, 0.25) is 5.15 Å². The van der Waals surface area contributed by atoms with E-state index in [0.29, 0.717) is 0 Å². The number of hydrogen-bond acceptors (Lipinski definition) is 3. The lowest BCUT2D eigenvalue weighted by molar-refractivity contribution is -0.135. The summed E-state index contributed by atoms with van der Waals surface area (Å²) in [5.41, 5.74) is 0. The monoisotopic (exact) mass is 285 g/mol. The summed E-state index contributed by atoms with van der Waals surface area (Å²) in [6.45, 7) is -0.0999. The Balaban J connectivity index is 2.45. The Hall–Kier alpha value is -1.44. The van der Waals surface area contributed by atoms with Crippen molar-refractivity contribution >= 4 is 17.6 Å². The van der Waals surface area contributed by atoms with Gasteiger partial charge in [0, 0.05) is 13.0 Å². The van der Waals surface area contributed by atoms with Crippen LogP contribution >= 0.6 is 11.6 Å². The van der Waals surface area contributed by atoms with Crippen LogP contribution in [0.5, 0.6) is 6.01 Å². The molecule has 0 aliphatic heterocycles. The third kappa shape index (κ3) is 4.44. The maximum Gasteiger partial charge on any atom is 0.389 e. The lowest BCUT2D eigenvalue weighted by atomic mass is 10.3. The van der Waals surface area contributed by atoms with E-state index in [9.17, 15) is 18.0 Å². The molecule has 0 saturated heterocycles. The number of halogens is 4. The van der Waals surface area contributed by atoms with Gasteiger partial charge in [0.25, 0.3) is 0 Å². The summed E-state index contributed by atoms with van der Waals surface area (Å²) in [5, 5.41) is 2.36. The summed E-state index contributed by atoms with van der Waals surface area (Å²) in [6, 6.07) is -0.679. The van der Waals surface area contributed by atoms with Gasteiger partial charge in [-0.25, -0.2) is 9.36 Å². The second-order valence-corrected chi connectivity index (χ2v) is 3.76. The molecule has 0 saturated carbocycles. The van der Waals surface area contributed by atoms with E-state index < -0.39 is 18.6 Å². The smallest absolute Gasteiger partial charge is 0.389 e. The quantitative estimate of drug-likeness (QED) is 0.865. The lowest BCUT2D eigenvalue weighted by Gasteiger charge is -2.08. The summed E-state index contributed by atoms with van der Waals surface area (Å²) in [7, 11) is 1.30. The van der Waals surface area contributed by atoms with E-state index in [0.717, 1.165) is 4.57 Å². The number of carbonyl (C=O) groups excluding carboxylic acids is 1. The minimum Gasteiger partial charge on any atom is -0.468 e. The van der Waals surface area contributed by atoms with Crippen molar-refractivity contribution in [3.05, 3.63) is 11.3 Å². The Kier molecular flexibility index (Phi) is 4.83. The van der Waals surface area contributed by atoms with Crippen LogP contribution in [-0.4, -0.2) is 35.4 Å². The number of rotatable bonds is 4. The van der Waals surface area contributed by atoms with Gasteiger partial charge in [0.1, 0.15) is 0 Å². The molecule has 18 heavy (non-hydrogen) atoms. The topological polar surface area (TPSA) is 56.2 Å². The number of nitrogens with zero attached hydrogens (tertiary/aromatic N) is 2. The fourth-order valence-electron chi connectivity index (χ4n) is 1.19. The van der Waals surface area contributed by atoms with Gasteiger partial charge in [-0.3, -0.25) is 0 Å². The normalized spacial score (nSPS) is 11.4. The predicted octanol–water partition coefficient (Wildman–Crippen LogP) is 2.45. The number of methoxy groups -OCH3 is 1. The number of ether oxygens (including phenoxy) is 1. The minimum absolute atomic E-state index is 0.0340. The fourth-order valence-corrected chi connectivity index (χ4v) is 1.36. The average Bonchev–Trinajstić information content (AvgIpc) is 2.64. The molecule has 9 heteroatoms. The first-order valence-corrected chi connectivity index (χ1v) is 5.35. The molecule has 1 amide bonds. The highest BCUT2D eigenvalue weighted by atomic mass is 35.5. The van der Waals surface area contributed by atoms with Crippen molar-refractivity contribution in [1.82, 2.24) is 14.9 Å². The Labute approximate surface area is 106 Å². The molecule has 1 aromatic heterocycles. The Morgan fingerprint density at radius 1 is 1.61 bits per heavy atom. The molecule has 5 nitrogen and oxygen atoms in total. The Morgan fingerprint density at radius 3 is 2.83 bits per heavy atom. The summed E-state index contributed by atoms with van der Waals surface area (Å²) in [4.78, 5) is 15.2. The molecule has 102 valence electrons. The van der Waals surface area contributed by atoms with Crippen LogP contribution in [0.3, 0.4) is 0 Å². The molecule has 0 radical (unpaired) electrons. The van der Waals surface area contributed by atoms with Gasteiger partial charge in [0.2, 0.25) is 0 Å². The molecule has 0 fully saturated rings. The van der Waals surface area contributed by atoms with E-state index in [1.807, 2.05) is 0 Å². The second-order valence-electron chi connectivity index (χ2n) is 3.37. The van der Waals surface area contributed by atoms with E-state index in [1.54, 1.807) is 0 Å². The molecule has 0 aliphatic rings. The van der Waals surface area contributed by atoms with Crippen LogP contribution in [0.25, 0.3) is 0 Å². The van der Waals surface area contributed by atoms with Gasteiger partial charge < -0.3 is 10.1 Å². The molecule has 1 N–H and O–H groups in total. The molecule has 1 heterocycles. The maximum absolute atomic E-state index is 11.9. The summed E-state index contributed by atoms with van der Waals surface area (Å²) in [6.07, 6.45) is -4.16. The van der Waals surface area contributed by atoms with Gasteiger partial charge in [-0.2, -0.15) is 18.2 Å². The first-order chi connectivity index (χ1) is 8.33. The van der Waals surface area contributed by atoms with Crippen molar-refractivity contribution in [1.29, 1.82) is 0 Å². The highest BCUT2D eigenvalue weighted by molar-refractivity contribution is 6.29.